The first-order valence-corrected chi connectivity index (χ1v) is 9.89. The summed E-state index contributed by atoms with van der Waals surface area (Å²) >= 11 is 0. The summed E-state index contributed by atoms with van der Waals surface area (Å²) in [5.41, 5.74) is 8.66. The molecule has 9 nitrogen and oxygen atoms in total. The van der Waals surface area contributed by atoms with Crippen LogP contribution < -0.4 is 15.7 Å². The van der Waals surface area contributed by atoms with Gasteiger partial charge in [-0.05, 0) is 49.7 Å². The van der Waals surface area contributed by atoms with E-state index in [2.05, 4.69) is 25.8 Å². The number of amidine groups is 1. The first-order chi connectivity index (χ1) is 12.8. The Balaban J connectivity index is 1.62. The molecule has 0 aliphatic carbocycles. The molecular weight excluding hydrogens is 368 g/mol. The van der Waals surface area contributed by atoms with Gasteiger partial charge in [0.1, 0.15) is 0 Å². The molecule has 0 amide bonds. The maximum Gasteiger partial charge on any atom is 0.240 e. The zero-order valence-electron chi connectivity index (χ0n) is 15.0. The molecule has 2 heterocycles. The van der Waals surface area contributed by atoms with Gasteiger partial charge in [0.05, 0.1) is 23.2 Å². The van der Waals surface area contributed by atoms with E-state index in [-0.39, 0.29) is 11.4 Å². The van der Waals surface area contributed by atoms with Gasteiger partial charge in [-0.2, -0.15) is 0 Å². The number of nitrogens with one attached hydrogen (secondary N) is 3. The van der Waals surface area contributed by atoms with Crippen LogP contribution in [0, 0.1) is 6.92 Å². The van der Waals surface area contributed by atoms with Crippen LogP contribution in [0.2, 0.25) is 0 Å². The highest BCUT2D eigenvalue weighted by molar-refractivity contribution is 7.89. The van der Waals surface area contributed by atoms with Crippen molar-refractivity contribution < 1.29 is 13.5 Å². The highest BCUT2D eigenvalue weighted by Crippen LogP contribution is 2.12. The van der Waals surface area contributed by atoms with Crippen LogP contribution in [-0.2, 0) is 16.6 Å². The average Bonchev–Trinajstić information content (AvgIpc) is 3.11. The molecule has 0 fully saturated rings. The number of hydrazine groups is 2. The molecule has 4 N–H and O–H groups in total. The Morgan fingerprint density at radius 3 is 2.59 bits per heavy atom. The molecule has 1 aliphatic rings. The molecule has 2 aromatic rings. The Morgan fingerprint density at radius 2 is 1.96 bits per heavy atom. The van der Waals surface area contributed by atoms with Gasteiger partial charge in [-0.25, -0.2) is 18.7 Å². The van der Waals surface area contributed by atoms with Crippen molar-refractivity contribution in [3.05, 3.63) is 59.4 Å². The van der Waals surface area contributed by atoms with Gasteiger partial charge >= 0.3 is 0 Å². The lowest BCUT2D eigenvalue weighted by molar-refractivity contribution is 0.167. The van der Waals surface area contributed by atoms with E-state index >= 15 is 0 Å². The molecule has 0 radical (unpaired) electrons. The number of hydrogen-bond donors (Lipinski definition) is 4. The minimum absolute atomic E-state index is 0.0374. The topological polar surface area (TPSA) is 119 Å². The summed E-state index contributed by atoms with van der Waals surface area (Å²) < 4.78 is 26.7. The van der Waals surface area contributed by atoms with Gasteiger partial charge in [0.25, 0.3) is 0 Å². The van der Waals surface area contributed by atoms with Gasteiger partial charge in [0, 0.05) is 18.3 Å². The quantitative estimate of drug-likeness (QED) is 0.535. The van der Waals surface area contributed by atoms with Crippen molar-refractivity contribution in [3.8, 4) is 0 Å². The Labute approximate surface area is 158 Å². The number of rotatable bonds is 7. The van der Waals surface area contributed by atoms with Crippen molar-refractivity contribution in [2.24, 2.45) is 5.10 Å². The fraction of sp³-hybridized carbons (Fsp3) is 0.294. The molecule has 0 spiro atoms. The number of aliphatic hydroxyl groups is 1. The number of aliphatic hydroxyl groups excluding tert-OH is 1. The molecule has 0 bridgehead atoms. The monoisotopic (exact) mass is 390 g/mol. The molecule has 0 unspecified atom stereocenters. The van der Waals surface area contributed by atoms with Crippen molar-refractivity contribution in [2.75, 3.05) is 6.54 Å². The SMILES string of the molecule is Cc1ccc(CN2NN=C(c3ccc(S(=O)(=O)NC[C@@H](C)O)cc3)N2)nc1. The first-order valence-electron chi connectivity index (χ1n) is 8.41. The second-order valence-electron chi connectivity index (χ2n) is 6.31. The van der Waals surface area contributed by atoms with Gasteiger partial charge in [0.15, 0.2) is 5.84 Å². The summed E-state index contributed by atoms with van der Waals surface area (Å²) in [4.78, 5) is 4.47. The fourth-order valence-corrected chi connectivity index (χ4v) is 3.47. The molecule has 0 saturated heterocycles. The largest absolute Gasteiger partial charge is 0.392 e. The standard InChI is InChI=1S/C17H22N6O3S/c1-12-3-6-15(18-9-12)11-23-21-17(20-22-23)14-4-7-16(8-5-14)27(25,26)19-10-13(2)24/h3-9,13,19,22,24H,10-11H2,1-2H3,(H,20,21)/t13-/m1/s1. The maximum atomic E-state index is 12.2. The van der Waals surface area contributed by atoms with Gasteiger partial charge < -0.3 is 5.11 Å². The number of benzene rings is 1. The molecule has 3 rings (SSSR count). The lowest BCUT2D eigenvalue weighted by Gasteiger charge is -2.15. The highest BCUT2D eigenvalue weighted by Gasteiger charge is 2.19. The molecule has 0 saturated carbocycles. The number of hydrazone groups is 1. The van der Waals surface area contributed by atoms with Crippen LogP contribution in [-0.4, -0.2) is 42.1 Å². The molecule has 1 atom stereocenters. The van der Waals surface area contributed by atoms with E-state index in [1.165, 1.54) is 19.1 Å². The van der Waals surface area contributed by atoms with Crippen LogP contribution in [0.4, 0.5) is 0 Å². The Hall–Kier alpha value is -2.53. The molecule has 144 valence electrons. The van der Waals surface area contributed by atoms with E-state index in [1.54, 1.807) is 23.4 Å². The molecule has 1 aliphatic heterocycles. The van der Waals surface area contributed by atoms with E-state index in [1.807, 2.05) is 19.1 Å². The number of aromatic nitrogens is 1. The van der Waals surface area contributed by atoms with Crippen LogP contribution in [0.3, 0.4) is 0 Å². The highest BCUT2D eigenvalue weighted by atomic mass is 32.2. The lowest BCUT2D eigenvalue weighted by Crippen LogP contribution is -2.41. The van der Waals surface area contributed by atoms with E-state index in [4.69, 9.17) is 0 Å². The summed E-state index contributed by atoms with van der Waals surface area (Å²) in [6.45, 7) is 3.96. The van der Waals surface area contributed by atoms with Crippen LogP contribution >= 0.6 is 0 Å². The minimum Gasteiger partial charge on any atom is -0.392 e. The van der Waals surface area contributed by atoms with Crippen molar-refractivity contribution in [3.63, 3.8) is 0 Å². The normalized spacial score (nSPS) is 15.7. The molecule has 27 heavy (non-hydrogen) atoms. The fourth-order valence-electron chi connectivity index (χ4n) is 2.35. The van der Waals surface area contributed by atoms with Crippen LogP contribution in [0.1, 0.15) is 23.7 Å². The summed E-state index contributed by atoms with van der Waals surface area (Å²) in [7, 11) is -3.66. The third-order valence-corrected chi connectivity index (χ3v) is 5.26. The van der Waals surface area contributed by atoms with Gasteiger partial charge in [-0.3, -0.25) is 10.4 Å². The van der Waals surface area contributed by atoms with Crippen LogP contribution in [0.15, 0.2) is 52.6 Å². The Kier molecular flexibility index (Phi) is 5.71. The lowest BCUT2D eigenvalue weighted by atomic mass is 10.2. The third-order valence-electron chi connectivity index (χ3n) is 3.82. The Morgan fingerprint density at radius 1 is 1.22 bits per heavy atom. The van der Waals surface area contributed by atoms with E-state index < -0.39 is 16.1 Å². The summed E-state index contributed by atoms with van der Waals surface area (Å²) in [5, 5.41) is 15.1. The number of sulfonamides is 1. The zero-order chi connectivity index (χ0) is 19.4. The van der Waals surface area contributed by atoms with Crippen molar-refractivity contribution in [1.82, 2.24) is 25.8 Å². The van der Waals surface area contributed by atoms with E-state index in [0.29, 0.717) is 12.4 Å². The molecular formula is C17H22N6O3S. The average molecular weight is 390 g/mol. The summed E-state index contributed by atoms with van der Waals surface area (Å²) in [6, 6.07) is 10.2. The van der Waals surface area contributed by atoms with E-state index in [9.17, 15) is 13.5 Å². The predicted molar refractivity (Wildman–Crippen MR) is 101 cm³/mol. The van der Waals surface area contributed by atoms with Crippen molar-refractivity contribution in [2.45, 2.75) is 31.4 Å². The van der Waals surface area contributed by atoms with E-state index in [0.717, 1.165) is 16.8 Å². The second-order valence-corrected chi connectivity index (χ2v) is 8.08. The first kappa shape index (κ1) is 19.2. The van der Waals surface area contributed by atoms with Gasteiger partial charge in [-0.1, -0.05) is 6.07 Å². The van der Waals surface area contributed by atoms with Gasteiger partial charge in [0.2, 0.25) is 10.0 Å². The Bertz CT molecular complexity index is 911. The predicted octanol–water partition coefficient (Wildman–Crippen LogP) is 0.236. The maximum absolute atomic E-state index is 12.2. The number of nitrogens with zero attached hydrogens (tertiary/aromatic N) is 3. The smallest absolute Gasteiger partial charge is 0.240 e. The number of hydrogen-bond acceptors (Lipinski definition) is 8. The van der Waals surface area contributed by atoms with Crippen LogP contribution in [0.25, 0.3) is 0 Å². The number of pyridine rings is 1. The summed E-state index contributed by atoms with van der Waals surface area (Å²) in [5.74, 6) is 0.572. The zero-order valence-corrected chi connectivity index (χ0v) is 15.9. The van der Waals surface area contributed by atoms with Crippen molar-refractivity contribution >= 4 is 15.9 Å². The molecule has 1 aromatic heterocycles. The van der Waals surface area contributed by atoms with Gasteiger partial charge in [-0.15, -0.1) is 10.2 Å². The molecule has 10 heteroatoms. The third kappa shape index (κ3) is 5.01. The minimum atomic E-state index is -3.66. The van der Waals surface area contributed by atoms with Crippen LogP contribution in [0.5, 0.6) is 0 Å². The summed E-state index contributed by atoms with van der Waals surface area (Å²) in [6.07, 6.45) is 1.05. The van der Waals surface area contributed by atoms with Crippen molar-refractivity contribution in [1.29, 1.82) is 0 Å². The number of aryl methyl sites for hydroxylation is 1. The molecule has 1 aromatic carbocycles. The second kappa shape index (κ2) is 8.01.